The number of carbonyl (C=O) groups excluding carboxylic acids is 2. The van der Waals surface area contributed by atoms with Gasteiger partial charge in [-0.2, -0.15) is 0 Å². The molecule has 2 aromatic rings. The SMILES string of the molecule is CCCCCCCCOC(=O)C(NC(=O)c1ccccn1)C(O)c1ccccc1. The maximum atomic E-state index is 12.6. The Balaban J connectivity index is 1.98. The standard InChI is InChI=1S/C23H30N2O4/c1-2-3-4-5-6-12-17-29-23(28)20(21(26)18-13-8-7-9-14-18)25-22(27)19-15-10-11-16-24-19/h7-11,13-16,20-21,26H,2-6,12,17H2,1H3,(H,25,27). The molecule has 6 nitrogen and oxygen atoms in total. The molecule has 1 aromatic heterocycles. The monoisotopic (exact) mass is 398 g/mol. The number of hydrogen-bond donors (Lipinski definition) is 2. The number of ether oxygens (including phenoxy) is 1. The largest absolute Gasteiger partial charge is 0.464 e. The molecular formula is C23H30N2O4. The Morgan fingerprint density at radius 3 is 2.38 bits per heavy atom. The minimum atomic E-state index is -1.22. The quantitative estimate of drug-likeness (QED) is 0.419. The van der Waals surface area contributed by atoms with Crippen LogP contribution in [-0.4, -0.2) is 34.6 Å². The summed E-state index contributed by atoms with van der Waals surface area (Å²) in [5.74, 6) is -1.19. The van der Waals surface area contributed by atoms with E-state index in [0.717, 1.165) is 19.3 Å². The number of amides is 1. The van der Waals surface area contributed by atoms with Crippen molar-refractivity contribution in [2.75, 3.05) is 6.61 Å². The highest BCUT2D eigenvalue weighted by Gasteiger charge is 2.31. The number of nitrogens with zero attached hydrogens (tertiary/aromatic N) is 1. The van der Waals surface area contributed by atoms with Crippen LogP contribution in [0, 0.1) is 0 Å². The molecule has 0 fully saturated rings. The van der Waals surface area contributed by atoms with Crippen molar-refractivity contribution in [3.05, 3.63) is 66.0 Å². The second kappa shape index (κ2) is 12.7. The lowest BCUT2D eigenvalue weighted by atomic mass is 10.0. The molecule has 156 valence electrons. The van der Waals surface area contributed by atoms with Crippen LogP contribution in [-0.2, 0) is 9.53 Å². The van der Waals surface area contributed by atoms with Crippen molar-refractivity contribution in [1.82, 2.24) is 10.3 Å². The van der Waals surface area contributed by atoms with Gasteiger partial charge in [-0.25, -0.2) is 4.79 Å². The minimum absolute atomic E-state index is 0.168. The highest BCUT2D eigenvalue weighted by molar-refractivity contribution is 5.95. The van der Waals surface area contributed by atoms with Crippen LogP contribution in [0.25, 0.3) is 0 Å². The fourth-order valence-corrected chi connectivity index (χ4v) is 2.97. The van der Waals surface area contributed by atoms with E-state index in [1.54, 1.807) is 42.5 Å². The second-order valence-corrected chi connectivity index (χ2v) is 6.96. The number of hydrogen-bond acceptors (Lipinski definition) is 5. The molecule has 1 amide bonds. The Morgan fingerprint density at radius 1 is 1.00 bits per heavy atom. The highest BCUT2D eigenvalue weighted by Crippen LogP contribution is 2.18. The third-order valence-corrected chi connectivity index (χ3v) is 4.64. The van der Waals surface area contributed by atoms with Crippen molar-refractivity contribution in [1.29, 1.82) is 0 Å². The summed E-state index contributed by atoms with van der Waals surface area (Å²) in [7, 11) is 0. The first kappa shape index (κ1) is 22.6. The predicted molar refractivity (Wildman–Crippen MR) is 111 cm³/mol. The van der Waals surface area contributed by atoms with Crippen LogP contribution in [0.2, 0.25) is 0 Å². The average Bonchev–Trinajstić information content (AvgIpc) is 2.77. The Hall–Kier alpha value is -2.73. The van der Waals surface area contributed by atoms with Crippen LogP contribution in [0.3, 0.4) is 0 Å². The van der Waals surface area contributed by atoms with Gasteiger partial charge in [-0.05, 0) is 24.1 Å². The number of aliphatic hydroxyl groups is 1. The van der Waals surface area contributed by atoms with Crippen LogP contribution in [0.1, 0.15) is 67.6 Å². The molecule has 1 aromatic carbocycles. The van der Waals surface area contributed by atoms with Crippen LogP contribution >= 0.6 is 0 Å². The van der Waals surface area contributed by atoms with E-state index in [9.17, 15) is 14.7 Å². The molecule has 2 unspecified atom stereocenters. The molecule has 2 atom stereocenters. The van der Waals surface area contributed by atoms with Crippen molar-refractivity contribution in [2.24, 2.45) is 0 Å². The molecule has 0 radical (unpaired) electrons. The smallest absolute Gasteiger partial charge is 0.331 e. The van der Waals surface area contributed by atoms with Crippen molar-refractivity contribution >= 4 is 11.9 Å². The Kier molecular flexibility index (Phi) is 9.86. The fourth-order valence-electron chi connectivity index (χ4n) is 2.97. The molecule has 0 aliphatic carbocycles. The van der Waals surface area contributed by atoms with Gasteiger partial charge in [0.2, 0.25) is 0 Å². The van der Waals surface area contributed by atoms with Gasteiger partial charge in [-0.15, -0.1) is 0 Å². The van der Waals surface area contributed by atoms with Crippen molar-refractivity contribution in [2.45, 2.75) is 57.6 Å². The summed E-state index contributed by atoms with van der Waals surface area (Å²) in [6.07, 6.45) is 6.71. The van der Waals surface area contributed by atoms with E-state index in [1.165, 1.54) is 25.5 Å². The first-order valence-electron chi connectivity index (χ1n) is 10.2. The zero-order chi connectivity index (χ0) is 20.9. The normalized spacial score (nSPS) is 12.8. The summed E-state index contributed by atoms with van der Waals surface area (Å²) in [5.41, 5.74) is 0.692. The van der Waals surface area contributed by atoms with E-state index < -0.39 is 24.0 Å². The predicted octanol–water partition coefficient (Wildman–Crippen LogP) is 3.82. The number of aromatic nitrogens is 1. The van der Waals surface area contributed by atoms with E-state index in [4.69, 9.17) is 4.74 Å². The number of nitrogens with one attached hydrogen (secondary N) is 1. The Morgan fingerprint density at radius 2 is 1.69 bits per heavy atom. The topological polar surface area (TPSA) is 88.5 Å². The van der Waals surface area contributed by atoms with E-state index in [1.807, 2.05) is 6.07 Å². The van der Waals surface area contributed by atoms with E-state index in [0.29, 0.717) is 5.56 Å². The van der Waals surface area contributed by atoms with Gasteiger partial charge in [0.15, 0.2) is 6.04 Å². The average molecular weight is 399 g/mol. The fraction of sp³-hybridized carbons (Fsp3) is 0.435. The molecule has 0 spiro atoms. The summed E-state index contributed by atoms with van der Waals surface area (Å²) in [6, 6.07) is 12.4. The van der Waals surface area contributed by atoms with Crippen LogP contribution in [0.15, 0.2) is 54.7 Å². The van der Waals surface area contributed by atoms with Gasteiger partial charge < -0.3 is 15.2 Å². The van der Waals surface area contributed by atoms with Gasteiger partial charge in [-0.3, -0.25) is 9.78 Å². The molecule has 0 aliphatic rings. The van der Waals surface area contributed by atoms with Gasteiger partial charge in [-0.1, -0.05) is 75.4 Å². The lowest BCUT2D eigenvalue weighted by Crippen LogP contribution is -2.46. The summed E-state index contributed by atoms with van der Waals surface area (Å²) < 4.78 is 5.36. The van der Waals surface area contributed by atoms with Crippen molar-refractivity contribution < 1.29 is 19.4 Å². The zero-order valence-corrected chi connectivity index (χ0v) is 16.9. The Bertz CT molecular complexity index is 737. The van der Waals surface area contributed by atoms with E-state index in [2.05, 4.69) is 17.2 Å². The molecule has 0 saturated carbocycles. The molecule has 2 rings (SSSR count). The molecule has 0 bridgehead atoms. The number of aliphatic hydroxyl groups excluding tert-OH is 1. The lowest BCUT2D eigenvalue weighted by Gasteiger charge is -2.23. The third kappa shape index (κ3) is 7.66. The summed E-state index contributed by atoms with van der Waals surface area (Å²) >= 11 is 0. The number of pyridine rings is 1. The molecule has 2 N–H and O–H groups in total. The molecule has 1 heterocycles. The van der Waals surface area contributed by atoms with Gasteiger partial charge in [0.1, 0.15) is 11.8 Å². The maximum Gasteiger partial charge on any atom is 0.331 e. The van der Waals surface area contributed by atoms with E-state index in [-0.39, 0.29) is 12.3 Å². The number of carbonyl (C=O) groups is 2. The number of benzene rings is 1. The first-order valence-corrected chi connectivity index (χ1v) is 10.2. The summed E-state index contributed by atoms with van der Waals surface area (Å²) in [6.45, 7) is 2.43. The Labute approximate surface area is 172 Å². The highest BCUT2D eigenvalue weighted by atomic mass is 16.5. The van der Waals surface area contributed by atoms with Gasteiger partial charge in [0, 0.05) is 6.20 Å². The van der Waals surface area contributed by atoms with Crippen LogP contribution in [0.4, 0.5) is 0 Å². The van der Waals surface area contributed by atoms with Gasteiger partial charge in [0.25, 0.3) is 5.91 Å². The minimum Gasteiger partial charge on any atom is -0.464 e. The third-order valence-electron chi connectivity index (χ3n) is 4.64. The second-order valence-electron chi connectivity index (χ2n) is 6.96. The van der Waals surface area contributed by atoms with Gasteiger partial charge >= 0.3 is 5.97 Å². The lowest BCUT2D eigenvalue weighted by molar-refractivity contribution is -0.149. The molecule has 6 heteroatoms. The van der Waals surface area contributed by atoms with Crippen molar-refractivity contribution in [3.8, 4) is 0 Å². The van der Waals surface area contributed by atoms with E-state index >= 15 is 0 Å². The maximum absolute atomic E-state index is 12.6. The van der Waals surface area contributed by atoms with Crippen LogP contribution < -0.4 is 5.32 Å². The molecular weight excluding hydrogens is 368 g/mol. The van der Waals surface area contributed by atoms with Gasteiger partial charge in [0.05, 0.1) is 6.61 Å². The zero-order valence-electron chi connectivity index (χ0n) is 16.9. The molecule has 29 heavy (non-hydrogen) atoms. The summed E-state index contributed by atoms with van der Waals surface area (Å²) in [5, 5.41) is 13.3. The van der Waals surface area contributed by atoms with Crippen molar-refractivity contribution in [3.63, 3.8) is 0 Å². The first-order chi connectivity index (χ1) is 14.1. The summed E-state index contributed by atoms with van der Waals surface area (Å²) in [4.78, 5) is 29.1. The van der Waals surface area contributed by atoms with Crippen LogP contribution in [0.5, 0.6) is 0 Å². The number of unbranched alkanes of at least 4 members (excludes halogenated alkanes) is 5. The number of rotatable bonds is 12. The molecule has 0 saturated heterocycles. The molecule has 0 aliphatic heterocycles. The number of esters is 1.